The molecule has 2 heterocycles. The van der Waals surface area contributed by atoms with E-state index >= 15 is 0 Å². The van der Waals surface area contributed by atoms with Crippen molar-refractivity contribution >= 4 is 34.1 Å². The van der Waals surface area contributed by atoms with Gasteiger partial charge in [0.1, 0.15) is 0 Å². The average Bonchev–Trinajstić information content (AvgIpc) is 3.17. The van der Waals surface area contributed by atoms with Gasteiger partial charge >= 0.3 is 6.03 Å². The number of thiazole rings is 1. The largest absolute Gasteiger partial charge is 0.334 e. The van der Waals surface area contributed by atoms with E-state index in [2.05, 4.69) is 15.6 Å². The first-order valence-electron chi connectivity index (χ1n) is 7.06. The van der Waals surface area contributed by atoms with E-state index in [1.54, 1.807) is 16.5 Å². The van der Waals surface area contributed by atoms with Gasteiger partial charge in [-0.2, -0.15) is 0 Å². The van der Waals surface area contributed by atoms with Crippen molar-refractivity contribution in [3.8, 4) is 0 Å². The molecule has 3 amide bonds. The second-order valence-electron chi connectivity index (χ2n) is 4.96. The van der Waals surface area contributed by atoms with Crippen LogP contribution in [0.3, 0.4) is 0 Å². The van der Waals surface area contributed by atoms with E-state index in [4.69, 9.17) is 0 Å². The summed E-state index contributed by atoms with van der Waals surface area (Å²) < 4.78 is 0. The Morgan fingerprint density at radius 1 is 1.41 bits per heavy atom. The van der Waals surface area contributed by atoms with Crippen molar-refractivity contribution in [1.29, 1.82) is 0 Å². The van der Waals surface area contributed by atoms with Crippen LogP contribution in [-0.4, -0.2) is 23.5 Å². The molecule has 2 aromatic rings. The number of aromatic nitrogens is 1. The average molecular weight is 316 g/mol. The topological polar surface area (TPSA) is 74.3 Å². The van der Waals surface area contributed by atoms with E-state index < -0.39 is 0 Å². The van der Waals surface area contributed by atoms with Crippen LogP contribution >= 0.6 is 11.3 Å². The number of amides is 3. The van der Waals surface area contributed by atoms with Crippen LogP contribution in [0.15, 0.2) is 35.8 Å². The SMILES string of the molecule is O=C(NCc1cccc(N2CCCC2=O)c1)Nc1nccs1. The molecule has 0 aliphatic carbocycles. The monoisotopic (exact) mass is 316 g/mol. The zero-order valence-electron chi connectivity index (χ0n) is 11.9. The highest BCUT2D eigenvalue weighted by Gasteiger charge is 2.21. The maximum atomic E-state index is 11.8. The van der Waals surface area contributed by atoms with Gasteiger partial charge in [-0.3, -0.25) is 10.1 Å². The lowest BCUT2D eigenvalue weighted by Crippen LogP contribution is -2.28. The number of hydrogen-bond donors (Lipinski definition) is 2. The molecule has 0 atom stereocenters. The molecule has 1 fully saturated rings. The molecule has 0 unspecified atom stereocenters. The summed E-state index contributed by atoms with van der Waals surface area (Å²) in [6.07, 6.45) is 3.15. The van der Waals surface area contributed by atoms with Crippen LogP contribution in [0.5, 0.6) is 0 Å². The van der Waals surface area contributed by atoms with Gasteiger partial charge in [0.2, 0.25) is 5.91 Å². The number of carbonyl (C=O) groups is 2. The van der Waals surface area contributed by atoms with E-state index in [1.807, 2.05) is 24.3 Å². The van der Waals surface area contributed by atoms with Gasteiger partial charge in [-0.1, -0.05) is 12.1 Å². The molecule has 3 rings (SSSR count). The maximum Gasteiger partial charge on any atom is 0.321 e. The summed E-state index contributed by atoms with van der Waals surface area (Å²) in [5, 5.41) is 7.80. The second kappa shape index (κ2) is 6.57. The summed E-state index contributed by atoms with van der Waals surface area (Å²) in [5.41, 5.74) is 1.84. The highest BCUT2D eigenvalue weighted by molar-refractivity contribution is 7.13. The first-order chi connectivity index (χ1) is 10.7. The minimum Gasteiger partial charge on any atom is -0.334 e. The number of hydrogen-bond acceptors (Lipinski definition) is 4. The van der Waals surface area contributed by atoms with Crippen LogP contribution in [0.2, 0.25) is 0 Å². The Kier molecular flexibility index (Phi) is 4.34. The Morgan fingerprint density at radius 2 is 2.32 bits per heavy atom. The molecule has 1 aliphatic rings. The highest BCUT2D eigenvalue weighted by Crippen LogP contribution is 2.22. The lowest BCUT2D eigenvalue weighted by atomic mass is 10.2. The van der Waals surface area contributed by atoms with Crippen molar-refractivity contribution in [2.24, 2.45) is 0 Å². The zero-order chi connectivity index (χ0) is 15.4. The van der Waals surface area contributed by atoms with Gasteiger partial charge in [-0.25, -0.2) is 9.78 Å². The molecule has 22 heavy (non-hydrogen) atoms. The molecule has 1 aromatic heterocycles. The van der Waals surface area contributed by atoms with Crippen molar-refractivity contribution < 1.29 is 9.59 Å². The summed E-state index contributed by atoms with van der Waals surface area (Å²) >= 11 is 1.37. The smallest absolute Gasteiger partial charge is 0.321 e. The minimum absolute atomic E-state index is 0.159. The zero-order valence-corrected chi connectivity index (χ0v) is 12.7. The van der Waals surface area contributed by atoms with Gasteiger partial charge in [0.25, 0.3) is 0 Å². The molecule has 0 spiro atoms. The Hall–Kier alpha value is -2.41. The Bertz CT molecular complexity index is 672. The summed E-state index contributed by atoms with van der Waals surface area (Å²) in [6.45, 7) is 1.16. The molecular formula is C15H16N4O2S. The Balaban J connectivity index is 1.58. The Labute approximate surface area is 132 Å². The van der Waals surface area contributed by atoms with Crippen molar-refractivity contribution in [3.63, 3.8) is 0 Å². The van der Waals surface area contributed by atoms with Gasteiger partial charge in [0, 0.05) is 36.8 Å². The summed E-state index contributed by atoms with van der Waals surface area (Å²) in [4.78, 5) is 29.3. The molecule has 6 nitrogen and oxygen atoms in total. The van der Waals surface area contributed by atoms with Gasteiger partial charge in [-0.15, -0.1) is 11.3 Å². The molecule has 0 saturated carbocycles. The van der Waals surface area contributed by atoms with Crippen molar-refractivity contribution in [3.05, 3.63) is 41.4 Å². The van der Waals surface area contributed by atoms with Crippen molar-refractivity contribution in [2.75, 3.05) is 16.8 Å². The van der Waals surface area contributed by atoms with E-state index in [0.29, 0.717) is 18.1 Å². The third-order valence-electron chi connectivity index (χ3n) is 3.40. The van der Waals surface area contributed by atoms with E-state index in [0.717, 1.165) is 24.2 Å². The fraction of sp³-hybridized carbons (Fsp3) is 0.267. The Morgan fingerprint density at radius 3 is 3.05 bits per heavy atom. The first kappa shape index (κ1) is 14.5. The fourth-order valence-electron chi connectivity index (χ4n) is 2.36. The van der Waals surface area contributed by atoms with Crippen LogP contribution in [0.25, 0.3) is 0 Å². The van der Waals surface area contributed by atoms with Gasteiger partial charge in [-0.05, 0) is 24.1 Å². The maximum absolute atomic E-state index is 11.8. The number of nitrogens with zero attached hydrogens (tertiary/aromatic N) is 2. The molecule has 1 saturated heterocycles. The van der Waals surface area contributed by atoms with E-state index in [-0.39, 0.29) is 11.9 Å². The highest BCUT2D eigenvalue weighted by atomic mass is 32.1. The van der Waals surface area contributed by atoms with Crippen molar-refractivity contribution in [1.82, 2.24) is 10.3 Å². The number of rotatable bonds is 4. The quantitative estimate of drug-likeness (QED) is 0.910. The number of urea groups is 1. The van der Waals surface area contributed by atoms with Gasteiger partial charge in [0.05, 0.1) is 0 Å². The van der Waals surface area contributed by atoms with E-state index in [1.165, 1.54) is 11.3 Å². The predicted octanol–water partition coefficient (Wildman–Crippen LogP) is 2.59. The molecule has 2 N–H and O–H groups in total. The minimum atomic E-state index is -0.294. The molecule has 0 bridgehead atoms. The first-order valence-corrected chi connectivity index (χ1v) is 7.94. The van der Waals surface area contributed by atoms with E-state index in [9.17, 15) is 9.59 Å². The third kappa shape index (κ3) is 3.43. The molecular weight excluding hydrogens is 300 g/mol. The van der Waals surface area contributed by atoms with Crippen molar-refractivity contribution in [2.45, 2.75) is 19.4 Å². The lowest BCUT2D eigenvalue weighted by molar-refractivity contribution is -0.117. The summed E-state index contributed by atoms with van der Waals surface area (Å²) in [7, 11) is 0. The van der Waals surface area contributed by atoms with Crippen LogP contribution < -0.4 is 15.5 Å². The van der Waals surface area contributed by atoms with Gasteiger partial charge < -0.3 is 10.2 Å². The van der Waals surface area contributed by atoms with Gasteiger partial charge in [0.15, 0.2) is 5.13 Å². The van der Waals surface area contributed by atoms with Crippen LogP contribution in [-0.2, 0) is 11.3 Å². The molecule has 1 aliphatic heterocycles. The van der Waals surface area contributed by atoms with Crippen LogP contribution in [0.1, 0.15) is 18.4 Å². The molecule has 7 heteroatoms. The molecule has 0 radical (unpaired) electrons. The molecule has 114 valence electrons. The van der Waals surface area contributed by atoms with Crippen LogP contribution in [0, 0.1) is 0 Å². The molecule has 1 aromatic carbocycles. The number of benzene rings is 1. The summed E-state index contributed by atoms with van der Waals surface area (Å²) in [6, 6.07) is 7.39. The third-order valence-corrected chi connectivity index (χ3v) is 4.09. The van der Waals surface area contributed by atoms with Crippen LogP contribution in [0.4, 0.5) is 15.6 Å². The standard InChI is InChI=1S/C15H16N4O2S/c20-13-5-2-7-19(13)12-4-1-3-11(9-12)10-17-14(21)18-15-16-6-8-22-15/h1,3-4,6,8-9H,2,5,7,10H2,(H2,16,17,18,21). The second-order valence-corrected chi connectivity index (χ2v) is 5.86. The summed E-state index contributed by atoms with van der Waals surface area (Å²) in [5.74, 6) is 0.159. The lowest BCUT2D eigenvalue weighted by Gasteiger charge is -2.16. The predicted molar refractivity (Wildman–Crippen MR) is 86.0 cm³/mol. The number of nitrogens with one attached hydrogen (secondary N) is 2. The number of carbonyl (C=O) groups excluding carboxylic acids is 2. The normalized spacial score (nSPS) is 14.2. The fourth-order valence-corrected chi connectivity index (χ4v) is 2.89. The number of anilines is 2.